The van der Waals surface area contributed by atoms with Crippen molar-refractivity contribution < 1.29 is 8.78 Å². The van der Waals surface area contributed by atoms with Crippen LogP contribution in [0.5, 0.6) is 0 Å². The highest BCUT2D eigenvalue weighted by Gasteiger charge is 2.20. The highest BCUT2D eigenvalue weighted by atomic mass is 19.1. The topological polar surface area (TPSA) is 35.5 Å². The quantitative estimate of drug-likeness (QED) is 0.831. The summed E-state index contributed by atoms with van der Waals surface area (Å²) in [5.41, 5.74) is 0.399. The molecule has 0 bridgehead atoms. The minimum atomic E-state index is -0.403. The third-order valence-electron chi connectivity index (χ3n) is 4.55. The van der Waals surface area contributed by atoms with E-state index in [0.717, 1.165) is 50.6 Å². The van der Waals surface area contributed by atoms with E-state index >= 15 is 0 Å². The molecule has 134 valence electrons. The maximum absolute atomic E-state index is 13.8. The lowest BCUT2D eigenvalue weighted by Crippen LogP contribution is -2.46. The van der Waals surface area contributed by atoms with Crippen LogP contribution in [0.25, 0.3) is 0 Å². The molecule has 2 heterocycles. The number of hydrogen-bond acceptors (Lipinski definition) is 5. The van der Waals surface area contributed by atoms with Crippen LogP contribution in [-0.2, 0) is 6.54 Å². The summed E-state index contributed by atoms with van der Waals surface area (Å²) in [5, 5.41) is 0. The monoisotopic (exact) mass is 347 g/mol. The van der Waals surface area contributed by atoms with Gasteiger partial charge in [-0.3, -0.25) is 4.90 Å². The molecule has 1 aliphatic heterocycles. The molecule has 25 heavy (non-hydrogen) atoms. The lowest BCUT2D eigenvalue weighted by atomic mass is 10.2. The lowest BCUT2D eigenvalue weighted by Gasteiger charge is -2.35. The predicted octanol–water partition coefficient (Wildman–Crippen LogP) is 2.53. The first-order valence-corrected chi connectivity index (χ1v) is 8.52. The Morgan fingerprint density at radius 3 is 2.60 bits per heavy atom. The Kier molecular flexibility index (Phi) is 5.43. The van der Waals surface area contributed by atoms with Crippen molar-refractivity contribution in [2.24, 2.45) is 0 Å². The van der Waals surface area contributed by atoms with Gasteiger partial charge in [-0.1, -0.05) is 0 Å². The Morgan fingerprint density at radius 1 is 1.12 bits per heavy atom. The number of nitrogens with zero attached hydrogens (tertiary/aromatic N) is 5. The molecule has 1 saturated heterocycles. The number of rotatable bonds is 5. The van der Waals surface area contributed by atoms with Gasteiger partial charge < -0.3 is 9.80 Å². The van der Waals surface area contributed by atoms with E-state index in [1.807, 2.05) is 13.1 Å². The highest BCUT2D eigenvalue weighted by Crippen LogP contribution is 2.18. The van der Waals surface area contributed by atoms with Gasteiger partial charge in [0.1, 0.15) is 17.5 Å². The van der Waals surface area contributed by atoms with Crippen molar-refractivity contribution in [3.05, 3.63) is 47.7 Å². The van der Waals surface area contributed by atoms with E-state index in [9.17, 15) is 8.78 Å². The second kappa shape index (κ2) is 7.74. The normalized spacial score (nSPS) is 15.4. The van der Waals surface area contributed by atoms with Crippen LogP contribution in [0.1, 0.15) is 12.5 Å². The third kappa shape index (κ3) is 4.22. The molecule has 1 aromatic heterocycles. The standard InChI is InChI=1S/C18H23F2N5/c1-3-23(2)17-6-7-21-18(22-17)25-10-8-24(9-11-25)13-14-12-15(19)4-5-16(14)20/h4-7,12H,3,8-11,13H2,1-2H3. The SMILES string of the molecule is CCN(C)c1ccnc(N2CCN(Cc3cc(F)ccc3F)CC2)n1. The Hall–Kier alpha value is -2.28. The van der Waals surface area contributed by atoms with Crippen LogP contribution in [-0.4, -0.2) is 54.6 Å². The third-order valence-corrected chi connectivity index (χ3v) is 4.55. The van der Waals surface area contributed by atoms with Crippen LogP contribution in [0.2, 0.25) is 0 Å². The van der Waals surface area contributed by atoms with Crippen molar-refractivity contribution in [2.75, 3.05) is 49.6 Å². The number of benzene rings is 1. The van der Waals surface area contributed by atoms with E-state index < -0.39 is 5.82 Å². The molecular formula is C18H23F2N5. The van der Waals surface area contributed by atoms with Crippen LogP contribution in [0.3, 0.4) is 0 Å². The Bertz CT molecular complexity index is 716. The van der Waals surface area contributed by atoms with E-state index in [2.05, 4.69) is 31.6 Å². The van der Waals surface area contributed by atoms with Gasteiger partial charge in [0.15, 0.2) is 0 Å². The first-order chi connectivity index (χ1) is 12.1. The van der Waals surface area contributed by atoms with Gasteiger partial charge in [0.05, 0.1) is 0 Å². The van der Waals surface area contributed by atoms with Gasteiger partial charge in [-0.25, -0.2) is 13.8 Å². The molecule has 1 aliphatic rings. The first kappa shape index (κ1) is 17.5. The van der Waals surface area contributed by atoms with E-state index in [4.69, 9.17) is 0 Å². The molecule has 2 aromatic rings. The van der Waals surface area contributed by atoms with Crippen LogP contribution >= 0.6 is 0 Å². The molecule has 0 radical (unpaired) electrons. The smallest absolute Gasteiger partial charge is 0.227 e. The summed E-state index contributed by atoms with van der Waals surface area (Å²) in [4.78, 5) is 15.3. The zero-order valence-electron chi connectivity index (χ0n) is 14.6. The van der Waals surface area contributed by atoms with Crippen LogP contribution in [0.15, 0.2) is 30.5 Å². The summed E-state index contributed by atoms with van der Waals surface area (Å²) >= 11 is 0. The maximum atomic E-state index is 13.8. The van der Waals surface area contributed by atoms with Crippen molar-refractivity contribution in [3.8, 4) is 0 Å². The van der Waals surface area contributed by atoms with E-state index in [-0.39, 0.29) is 5.82 Å². The molecule has 7 heteroatoms. The number of anilines is 2. The molecule has 0 N–H and O–H groups in total. The zero-order valence-corrected chi connectivity index (χ0v) is 14.6. The molecule has 0 atom stereocenters. The molecule has 1 aromatic carbocycles. The average molecular weight is 347 g/mol. The van der Waals surface area contributed by atoms with Crippen LogP contribution in [0.4, 0.5) is 20.5 Å². The Balaban J connectivity index is 1.61. The molecule has 0 saturated carbocycles. The Morgan fingerprint density at radius 2 is 1.88 bits per heavy atom. The van der Waals surface area contributed by atoms with Gasteiger partial charge in [0, 0.05) is 58.1 Å². The van der Waals surface area contributed by atoms with E-state index in [1.165, 1.54) is 12.1 Å². The molecular weight excluding hydrogens is 324 g/mol. The summed E-state index contributed by atoms with van der Waals surface area (Å²) < 4.78 is 27.1. The van der Waals surface area contributed by atoms with Crippen molar-refractivity contribution in [3.63, 3.8) is 0 Å². The molecule has 0 spiro atoms. The fourth-order valence-corrected chi connectivity index (χ4v) is 2.88. The van der Waals surface area contributed by atoms with Crippen molar-refractivity contribution >= 4 is 11.8 Å². The van der Waals surface area contributed by atoms with Crippen LogP contribution < -0.4 is 9.80 Å². The molecule has 5 nitrogen and oxygen atoms in total. The van der Waals surface area contributed by atoms with E-state index in [0.29, 0.717) is 12.1 Å². The molecule has 0 unspecified atom stereocenters. The second-order valence-corrected chi connectivity index (χ2v) is 6.23. The fraction of sp³-hybridized carbons (Fsp3) is 0.444. The molecule has 1 fully saturated rings. The molecule has 0 aliphatic carbocycles. The highest BCUT2D eigenvalue weighted by molar-refractivity contribution is 5.43. The summed E-state index contributed by atoms with van der Waals surface area (Å²) in [6, 6.07) is 5.50. The number of hydrogen-bond donors (Lipinski definition) is 0. The predicted molar refractivity (Wildman–Crippen MR) is 94.8 cm³/mol. The minimum absolute atomic E-state index is 0.359. The van der Waals surface area contributed by atoms with E-state index in [1.54, 1.807) is 6.20 Å². The van der Waals surface area contributed by atoms with Gasteiger partial charge in [-0.2, -0.15) is 4.98 Å². The van der Waals surface area contributed by atoms with Crippen molar-refractivity contribution in [1.29, 1.82) is 0 Å². The fourth-order valence-electron chi connectivity index (χ4n) is 2.88. The number of aromatic nitrogens is 2. The average Bonchev–Trinajstić information content (AvgIpc) is 2.65. The first-order valence-electron chi connectivity index (χ1n) is 8.52. The zero-order chi connectivity index (χ0) is 17.8. The van der Waals surface area contributed by atoms with Crippen molar-refractivity contribution in [2.45, 2.75) is 13.5 Å². The number of piperazine rings is 1. The summed E-state index contributed by atoms with van der Waals surface area (Å²) in [6.07, 6.45) is 1.78. The van der Waals surface area contributed by atoms with Crippen LogP contribution in [0, 0.1) is 11.6 Å². The van der Waals surface area contributed by atoms with Gasteiger partial charge in [0.25, 0.3) is 0 Å². The van der Waals surface area contributed by atoms with Gasteiger partial charge in [-0.15, -0.1) is 0 Å². The van der Waals surface area contributed by atoms with Gasteiger partial charge in [-0.05, 0) is 31.2 Å². The Labute approximate surface area is 146 Å². The summed E-state index contributed by atoms with van der Waals surface area (Å²) in [6.45, 7) is 6.40. The van der Waals surface area contributed by atoms with Crippen molar-refractivity contribution in [1.82, 2.24) is 14.9 Å². The lowest BCUT2D eigenvalue weighted by molar-refractivity contribution is 0.245. The minimum Gasteiger partial charge on any atom is -0.360 e. The maximum Gasteiger partial charge on any atom is 0.227 e. The summed E-state index contributed by atoms with van der Waals surface area (Å²) in [7, 11) is 2.00. The van der Waals surface area contributed by atoms with Gasteiger partial charge >= 0.3 is 0 Å². The second-order valence-electron chi connectivity index (χ2n) is 6.23. The largest absolute Gasteiger partial charge is 0.360 e. The summed E-state index contributed by atoms with van der Waals surface area (Å²) in [5.74, 6) is 0.855. The number of halogens is 2. The molecule has 3 rings (SSSR count). The van der Waals surface area contributed by atoms with Gasteiger partial charge in [0.2, 0.25) is 5.95 Å². The molecule has 0 amide bonds.